The van der Waals surface area contributed by atoms with Gasteiger partial charge in [-0.1, -0.05) is 20.8 Å². The fraction of sp³-hybridized carbons (Fsp3) is 1.00. The molecule has 118 valence electrons. The van der Waals surface area contributed by atoms with Crippen molar-refractivity contribution in [1.82, 2.24) is 10.2 Å². The number of hydrogen-bond donors (Lipinski definition) is 2. The van der Waals surface area contributed by atoms with Crippen LogP contribution in [0.3, 0.4) is 0 Å². The van der Waals surface area contributed by atoms with Crippen molar-refractivity contribution >= 4 is 0 Å². The first kappa shape index (κ1) is 16.3. The van der Waals surface area contributed by atoms with E-state index in [1.165, 1.54) is 38.8 Å². The lowest BCUT2D eigenvalue weighted by atomic mass is 9.78. The molecule has 0 radical (unpaired) electrons. The van der Waals surface area contributed by atoms with Crippen molar-refractivity contribution < 1.29 is 5.11 Å². The highest BCUT2D eigenvalue weighted by molar-refractivity contribution is 4.92. The molecule has 0 aromatic rings. The Bertz CT molecular complexity index is 282. The number of piperidine rings is 1. The van der Waals surface area contributed by atoms with Crippen molar-refractivity contribution in [3.05, 3.63) is 0 Å². The van der Waals surface area contributed by atoms with Gasteiger partial charge in [-0.25, -0.2) is 0 Å². The van der Waals surface area contributed by atoms with Gasteiger partial charge < -0.3 is 10.4 Å². The number of aliphatic hydroxyl groups is 1. The summed E-state index contributed by atoms with van der Waals surface area (Å²) in [5, 5.41) is 13.0. The van der Waals surface area contributed by atoms with Crippen LogP contribution in [0.25, 0.3) is 0 Å². The molecule has 1 saturated carbocycles. The Balaban J connectivity index is 1.83. The summed E-state index contributed by atoms with van der Waals surface area (Å²) in [5.74, 6) is 2.33. The molecule has 0 amide bonds. The summed E-state index contributed by atoms with van der Waals surface area (Å²) >= 11 is 0. The molecule has 0 aromatic carbocycles. The number of rotatable bonds is 7. The second-order valence-electron chi connectivity index (χ2n) is 7.52. The lowest BCUT2D eigenvalue weighted by Crippen LogP contribution is -2.56. The highest BCUT2D eigenvalue weighted by atomic mass is 16.3. The minimum atomic E-state index is 0.345. The number of likely N-dealkylation sites (tertiary alicyclic amines) is 1. The molecule has 20 heavy (non-hydrogen) atoms. The summed E-state index contributed by atoms with van der Waals surface area (Å²) in [6.45, 7) is 10.9. The molecule has 1 heterocycles. The summed E-state index contributed by atoms with van der Waals surface area (Å²) in [6.07, 6.45) is 6.26. The third-order valence-electron chi connectivity index (χ3n) is 5.30. The van der Waals surface area contributed by atoms with Crippen molar-refractivity contribution in [2.24, 2.45) is 17.8 Å². The lowest BCUT2D eigenvalue weighted by molar-refractivity contribution is 0.0178. The zero-order chi connectivity index (χ0) is 14.5. The highest BCUT2D eigenvalue weighted by Crippen LogP contribution is 2.34. The maximum Gasteiger partial charge on any atom is 0.0434 e. The summed E-state index contributed by atoms with van der Waals surface area (Å²) in [6, 6.07) is 1.44. The van der Waals surface area contributed by atoms with E-state index in [0.29, 0.717) is 18.6 Å². The van der Waals surface area contributed by atoms with Crippen LogP contribution in [-0.2, 0) is 0 Å². The summed E-state index contributed by atoms with van der Waals surface area (Å²) < 4.78 is 0. The van der Waals surface area contributed by atoms with Gasteiger partial charge in [-0.3, -0.25) is 4.90 Å². The molecule has 1 saturated heterocycles. The smallest absolute Gasteiger partial charge is 0.0434 e. The number of nitrogens with zero attached hydrogens (tertiary/aromatic N) is 1. The molecule has 3 heteroatoms. The van der Waals surface area contributed by atoms with Crippen molar-refractivity contribution in [3.8, 4) is 0 Å². The van der Waals surface area contributed by atoms with Gasteiger partial charge in [-0.05, 0) is 56.4 Å². The molecule has 1 aliphatic carbocycles. The van der Waals surface area contributed by atoms with Crippen molar-refractivity contribution in [3.63, 3.8) is 0 Å². The monoisotopic (exact) mass is 282 g/mol. The van der Waals surface area contributed by atoms with Crippen LogP contribution in [0.5, 0.6) is 0 Å². The van der Waals surface area contributed by atoms with Gasteiger partial charge in [0.2, 0.25) is 0 Å². The van der Waals surface area contributed by atoms with Gasteiger partial charge >= 0.3 is 0 Å². The molecule has 2 N–H and O–H groups in total. The maximum atomic E-state index is 9.26. The molecule has 0 aromatic heterocycles. The Morgan fingerprint density at radius 3 is 2.60 bits per heavy atom. The Kier molecular flexibility index (Phi) is 6.31. The van der Waals surface area contributed by atoms with E-state index in [2.05, 4.69) is 31.0 Å². The Hall–Kier alpha value is -0.120. The lowest BCUT2D eigenvalue weighted by Gasteiger charge is -2.48. The molecule has 4 unspecified atom stereocenters. The molecular formula is C17H34N2O. The first-order valence-electron chi connectivity index (χ1n) is 8.68. The van der Waals surface area contributed by atoms with E-state index in [-0.39, 0.29) is 0 Å². The van der Waals surface area contributed by atoms with Crippen LogP contribution in [0.2, 0.25) is 0 Å². The van der Waals surface area contributed by atoms with Crippen molar-refractivity contribution in [2.75, 3.05) is 26.2 Å². The predicted octanol–water partition coefficient (Wildman–Crippen LogP) is 2.49. The average Bonchev–Trinajstić information content (AvgIpc) is 2.37. The van der Waals surface area contributed by atoms with Gasteiger partial charge in [0.15, 0.2) is 0 Å². The second-order valence-corrected chi connectivity index (χ2v) is 7.52. The van der Waals surface area contributed by atoms with E-state index in [9.17, 15) is 5.11 Å². The van der Waals surface area contributed by atoms with E-state index >= 15 is 0 Å². The maximum absolute atomic E-state index is 9.26. The van der Waals surface area contributed by atoms with Crippen LogP contribution in [0.15, 0.2) is 0 Å². The fourth-order valence-electron chi connectivity index (χ4n) is 3.82. The first-order chi connectivity index (χ1) is 9.60. The Labute approximate surface area is 125 Å². The van der Waals surface area contributed by atoms with Gasteiger partial charge in [0.25, 0.3) is 0 Å². The minimum absolute atomic E-state index is 0.345. The minimum Gasteiger partial charge on any atom is -0.396 e. The standard InChI is InChI=1S/C17H34N2O/c1-13(2)6-8-18-16-10-15(7-9-20)11-19(12-16)17-5-4-14(17)3/h13-18,20H,4-12H2,1-3H3. The molecular weight excluding hydrogens is 248 g/mol. The largest absolute Gasteiger partial charge is 0.396 e. The molecule has 4 atom stereocenters. The summed E-state index contributed by atoms with van der Waals surface area (Å²) in [7, 11) is 0. The number of aliphatic hydroxyl groups excluding tert-OH is 1. The normalized spacial score (nSPS) is 35.2. The predicted molar refractivity (Wildman–Crippen MR) is 84.8 cm³/mol. The zero-order valence-electron chi connectivity index (χ0n) is 13.6. The van der Waals surface area contributed by atoms with E-state index < -0.39 is 0 Å². The molecule has 2 rings (SSSR count). The highest BCUT2D eigenvalue weighted by Gasteiger charge is 2.37. The quantitative estimate of drug-likeness (QED) is 0.753. The van der Waals surface area contributed by atoms with Crippen LogP contribution in [0.4, 0.5) is 0 Å². The number of hydrogen-bond acceptors (Lipinski definition) is 3. The van der Waals surface area contributed by atoms with E-state index in [1.807, 2.05) is 0 Å². The molecule has 1 aliphatic heterocycles. The first-order valence-corrected chi connectivity index (χ1v) is 8.68. The van der Waals surface area contributed by atoms with E-state index in [1.54, 1.807) is 0 Å². The molecule has 0 spiro atoms. The van der Waals surface area contributed by atoms with Crippen LogP contribution in [0, 0.1) is 17.8 Å². The van der Waals surface area contributed by atoms with Crippen LogP contribution >= 0.6 is 0 Å². The van der Waals surface area contributed by atoms with Gasteiger partial charge in [0.1, 0.15) is 0 Å². The molecule has 3 nitrogen and oxygen atoms in total. The topological polar surface area (TPSA) is 35.5 Å². The Morgan fingerprint density at radius 2 is 2.05 bits per heavy atom. The number of nitrogens with one attached hydrogen (secondary N) is 1. The van der Waals surface area contributed by atoms with Gasteiger partial charge in [-0.15, -0.1) is 0 Å². The zero-order valence-corrected chi connectivity index (χ0v) is 13.6. The third-order valence-corrected chi connectivity index (χ3v) is 5.30. The second kappa shape index (κ2) is 7.77. The van der Waals surface area contributed by atoms with Crippen molar-refractivity contribution in [1.29, 1.82) is 0 Å². The molecule has 0 bridgehead atoms. The average molecular weight is 282 g/mol. The summed E-state index contributed by atoms with van der Waals surface area (Å²) in [4.78, 5) is 2.71. The Morgan fingerprint density at radius 1 is 1.25 bits per heavy atom. The van der Waals surface area contributed by atoms with Gasteiger partial charge in [0, 0.05) is 31.8 Å². The van der Waals surface area contributed by atoms with Crippen molar-refractivity contribution in [2.45, 2.75) is 65.0 Å². The summed E-state index contributed by atoms with van der Waals surface area (Å²) in [5.41, 5.74) is 0. The third kappa shape index (κ3) is 4.44. The van der Waals surface area contributed by atoms with Crippen LogP contribution < -0.4 is 5.32 Å². The van der Waals surface area contributed by atoms with E-state index in [0.717, 1.165) is 30.8 Å². The van der Waals surface area contributed by atoms with Crippen LogP contribution in [0.1, 0.15) is 52.9 Å². The van der Waals surface area contributed by atoms with E-state index in [4.69, 9.17) is 0 Å². The van der Waals surface area contributed by atoms with Gasteiger partial charge in [0.05, 0.1) is 0 Å². The molecule has 2 fully saturated rings. The van der Waals surface area contributed by atoms with Crippen LogP contribution in [-0.4, -0.2) is 48.3 Å². The SMILES string of the molecule is CC(C)CCNC1CC(CCO)CN(C2CCC2C)C1. The fourth-order valence-corrected chi connectivity index (χ4v) is 3.82. The van der Waals surface area contributed by atoms with Gasteiger partial charge in [-0.2, -0.15) is 0 Å². The molecule has 2 aliphatic rings.